The summed E-state index contributed by atoms with van der Waals surface area (Å²) in [6, 6.07) is 14.7. The molecule has 1 N–H and O–H groups in total. The van der Waals surface area contributed by atoms with Crippen LogP contribution >= 0.6 is 0 Å². The van der Waals surface area contributed by atoms with Gasteiger partial charge in [-0.2, -0.15) is 18.3 Å². The first-order chi connectivity index (χ1) is 16.3. The fourth-order valence-electron chi connectivity index (χ4n) is 7.07. The molecule has 0 spiro atoms. The van der Waals surface area contributed by atoms with E-state index in [1.807, 2.05) is 30.3 Å². The van der Waals surface area contributed by atoms with Crippen molar-refractivity contribution in [1.82, 2.24) is 9.78 Å². The molecule has 176 valence electrons. The van der Waals surface area contributed by atoms with Gasteiger partial charge in [-0.25, -0.2) is 4.68 Å². The highest BCUT2D eigenvalue weighted by Crippen LogP contribution is 2.61. The first-order valence-corrected chi connectivity index (χ1v) is 11.9. The Morgan fingerprint density at radius 1 is 0.912 bits per heavy atom. The molecule has 1 aromatic heterocycles. The van der Waals surface area contributed by atoms with E-state index in [4.69, 9.17) is 5.10 Å². The average Bonchev–Trinajstić information content (AvgIpc) is 3.25. The van der Waals surface area contributed by atoms with Crippen LogP contribution in [0.5, 0.6) is 0 Å². The van der Waals surface area contributed by atoms with Crippen molar-refractivity contribution in [2.75, 3.05) is 5.32 Å². The highest BCUT2D eigenvalue weighted by atomic mass is 19.4. The second kappa shape index (κ2) is 7.72. The summed E-state index contributed by atoms with van der Waals surface area (Å²) in [6.07, 6.45) is 3.89. The van der Waals surface area contributed by atoms with E-state index >= 15 is 0 Å². The maximum absolute atomic E-state index is 13.5. The third kappa shape index (κ3) is 3.62. The Balaban J connectivity index is 1.42. The van der Waals surface area contributed by atoms with Crippen LogP contribution in [0.15, 0.2) is 60.8 Å². The molecule has 3 aromatic rings. The lowest BCUT2D eigenvalue weighted by molar-refractivity contribution is -0.136. The van der Waals surface area contributed by atoms with Crippen molar-refractivity contribution in [1.29, 1.82) is 0 Å². The van der Waals surface area contributed by atoms with E-state index < -0.39 is 17.6 Å². The quantitative estimate of drug-likeness (QED) is 0.471. The standard InChI is InChI=1S/C27H26F3N3O/c28-27(29,30)22-8-4-5-9-23(22)31-25(34)21-16-33(20-6-2-1-3-7-20)32-24(21)26-13-17-10-18(14-26)12-19(11-17)15-26/h1-9,16-19H,10-15H2,(H,31,34). The van der Waals surface area contributed by atoms with Crippen LogP contribution in [0.1, 0.15) is 60.1 Å². The summed E-state index contributed by atoms with van der Waals surface area (Å²) in [6.45, 7) is 0. The van der Waals surface area contributed by atoms with Gasteiger partial charge in [-0.05, 0) is 80.5 Å². The van der Waals surface area contributed by atoms with Crippen molar-refractivity contribution in [2.24, 2.45) is 17.8 Å². The Bertz CT molecular complexity index is 1200. The van der Waals surface area contributed by atoms with Crippen LogP contribution < -0.4 is 5.32 Å². The molecule has 4 aliphatic carbocycles. The Kier molecular flexibility index (Phi) is 4.87. The number of nitrogens with one attached hydrogen (secondary N) is 1. The van der Waals surface area contributed by atoms with Gasteiger partial charge in [0.05, 0.1) is 28.2 Å². The molecule has 0 radical (unpaired) electrons. The van der Waals surface area contributed by atoms with Gasteiger partial charge in [0.25, 0.3) is 5.91 Å². The molecule has 1 heterocycles. The number of carbonyl (C=O) groups excluding carboxylic acids is 1. The Hall–Kier alpha value is -3.09. The normalized spacial score (nSPS) is 27.7. The number of aromatic nitrogens is 2. The SMILES string of the molecule is O=C(Nc1ccccc1C(F)(F)F)c1cn(-c2ccccc2)nc1C12CC3CC(CC(C3)C1)C2. The zero-order chi connectivity index (χ0) is 23.5. The number of amides is 1. The van der Waals surface area contributed by atoms with E-state index in [0.717, 1.165) is 36.7 Å². The number of para-hydroxylation sites is 2. The van der Waals surface area contributed by atoms with E-state index in [1.54, 1.807) is 10.9 Å². The number of nitrogens with zero attached hydrogens (tertiary/aromatic N) is 2. The number of hydrogen-bond acceptors (Lipinski definition) is 2. The minimum atomic E-state index is -4.55. The van der Waals surface area contributed by atoms with E-state index in [1.165, 1.54) is 37.5 Å². The molecule has 0 atom stereocenters. The second-order valence-corrected chi connectivity index (χ2v) is 10.4. The average molecular weight is 466 g/mol. The van der Waals surface area contributed by atoms with Crippen LogP contribution in [0.4, 0.5) is 18.9 Å². The van der Waals surface area contributed by atoms with E-state index in [2.05, 4.69) is 5.32 Å². The van der Waals surface area contributed by atoms with Gasteiger partial charge in [0, 0.05) is 11.6 Å². The Morgan fingerprint density at radius 3 is 2.12 bits per heavy atom. The summed E-state index contributed by atoms with van der Waals surface area (Å²) in [5.41, 5.74) is 0.688. The molecule has 0 saturated heterocycles. The third-order valence-electron chi connectivity index (χ3n) is 8.00. The summed E-state index contributed by atoms with van der Waals surface area (Å²) in [5.74, 6) is 1.41. The molecule has 4 saturated carbocycles. The summed E-state index contributed by atoms with van der Waals surface area (Å²) in [4.78, 5) is 13.5. The van der Waals surface area contributed by atoms with E-state index in [0.29, 0.717) is 23.3 Å². The Labute approximate surface area is 196 Å². The first kappa shape index (κ1) is 21.4. The van der Waals surface area contributed by atoms with E-state index in [9.17, 15) is 18.0 Å². The zero-order valence-corrected chi connectivity index (χ0v) is 18.7. The summed E-state index contributed by atoms with van der Waals surface area (Å²) < 4.78 is 42.3. The molecule has 7 rings (SSSR count). The number of carbonyl (C=O) groups is 1. The second-order valence-electron chi connectivity index (χ2n) is 10.4. The number of hydrogen-bond donors (Lipinski definition) is 1. The van der Waals surface area contributed by atoms with Gasteiger partial charge >= 0.3 is 6.18 Å². The molecule has 2 aromatic carbocycles. The van der Waals surface area contributed by atoms with Crippen LogP contribution in [0.3, 0.4) is 0 Å². The number of alkyl halides is 3. The van der Waals surface area contributed by atoms with Gasteiger partial charge < -0.3 is 5.32 Å². The molecule has 7 heteroatoms. The van der Waals surface area contributed by atoms with Crippen molar-refractivity contribution in [3.05, 3.63) is 77.6 Å². The van der Waals surface area contributed by atoms with Crippen LogP contribution in [0.25, 0.3) is 5.69 Å². The van der Waals surface area contributed by atoms with Crippen molar-refractivity contribution in [2.45, 2.75) is 50.1 Å². The maximum atomic E-state index is 13.5. The van der Waals surface area contributed by atoms with Gasteiger partial charge in [-0.3, -0.25) is 4.79 Å². The van der Waals surface area contributed by atoms with Gasteiger partial charge in [0.15, 0.2) is 0 Å². The highest BCUT2D eigenvalue weighted by Gasteiger charge is 2.54. The van der Waals surface area contributed by atoms with Crippen molar-refractivity contribution < 1.29 is 18.0 Å². The van der Waals surface area contributed by atoms with Gasteiger partial charge in [0.2, 0.25) is 0 Å². The first-order valence-electron chi connectivity index (χ1n) is 11.9. The lowest BCUT2D eigenvalue weighted by Crippen LogP contribution is -2.49. The van der Waals surface area contributed by atoms with Crippen molar-refractivity contribution >= 4 is 11.6 Å². The summed E-state index contributed by atoms with van der Waals surface area (Å²) in [5, 5.41) is 7.50. The lowest BCUT2D eigenvalue weighted by atomic mass is 9.48. The van der Waals surface area contributed by atoms with Crippen LogP contribution in [0.2, 0.25) is 0 Å². The van der Waals surface area contributed by atoms with Gasteiger partial charge in [0.1, 0.15) is 0 Å². The molecule has 4 aliphatic rings. The van der Waals surface area contributed by atoms with Crippen LogP contribution in [-0.4, -0.2) is 15.7 Å². The summed E-state index contributed by atoms with van der Waals surface area (Å²) >= 11 is 0. The molecular formula is C27H26F3N3O. The maximum Gasteiger partial charge on any atom is 0.418 e. The smallest absolute Gasteiger partial charge is 0.321 e. The van der Waals surface area contributed by atoms with Crippen LogP contribution in [0, 0.1) is 17.8 Å². The topological polar surface area (TPSA) is 46.9 Å². The molecule has 4 bridgehead atoms. The van der Waals surface area contributed by atoms with Gasteiger partial charge in [-0.1, -0.05) is 30.3 Å². The summed E-state index contributed by atoms with van der Waals surface area (Å²) in [7, 11) is 0. The minimum Gasteiger partial charge on any atom is -0.321 e. The molecule has 4 nitrogen and oxygen atoms in total. The number of anilines is 1. The highest BCUT2D eigenvalue weighted by molar-refractivity contribution is 6.05. The molecule has 0 aliphatic heterocycles. The molecule has 1 amide bonds. The molecular weight excluding hydrogens is 439 g/mol. The fraction of sp³-hybridized carbons (Fsp3) is 0.407. The lowest BCUT2D eigenvalue weighted by Gasteiger charge is -2.56. The number of rotatable bonds is 4. The van der Waals surface area contributed by atoms with Gasteiger partial charge in [-0.15, -0.1) is 0 Å². The molecule has 34 heavy (non-hydrogen) atoms. The fourth-order valence-corrected chi connectivity index (χ4v) is 7.07. The zero-order valence-electron chi connectivity index (χ0n) is 18.7. The van der Waals surface area contributed by atoms with E-state index in [-0.39, 0.29) is 11.1 Å². The number of benzene rings is 2. The largest absolute Gasteiger partial charge is 0.418 e. The minimum absolute atomic E-state index is 0.176. The van der Waals surface area contributed by atoms with Crippen molar-refractivity contribution in [3.63, 3.8) is 0 Å². The molecule has 4 fully saturated rings. The van der Waals surface area contributed by atoms with Crippen molar-refractivity contribution in [3.8, 4) is 5.69 Å². The number of halogens is 3. The predicted octanol–water partition coefficient (Wildman–Crippen LogP) is 6.61. The molecule has 0 unspecified atom stereocenters. The van der Waals surface area contributed by atoms with Crippen LogP contribution in [-0.2, 0) is 11.6 Å². The third-order valence-corrected chi connectivity index (χ3v) is 8.00. The predicted molar refractivity (Wildman–Crippen MR) is 123 cm³/mol. The monoisotopic (exact) mass is 465 g/mol. The Morgan fingerprint density at radius 2 is 1.50 bits per heavy atom.